The van der Waals surface area contributed by atoms with Crippen LogP contribution in [0, 0.1) is 18.6 Å². The minimum atomic E-state index is -0.478. The van der Waals surface area contributed by atoms with E-state index in [1.165, 1.54) is 18.5 Å². The molecule has 1 aromatic heterocycles. The van der Waals surface area contributed by atoms with Crippen LogP contribution in [0.5, 0.6) is 0 Å². The molecule has 0 saturated heterocycles. The third kappa shape index (κ3) is 3.08. The van der Waals surface area contributed by atoms with E-state index in [0.29, 0.717) is 25.2 Å². The average Bonchev–Trinajstić information content (AvgIpc) is 2.45. The van der Waals surface area contributed by atoms with Gasteiger partial charge in [0.2, 0.25) is 0 Å². The van der Waals surface area contributed by atoms with E-state index in [-0.39, 0.29) is 17.3 Å². The van der Waals surface area contributed by atoms with Gasteiger partial charge in [0.1, 0.15) is 12.1 Å². The number of aryl methyl sites for hydroxylation is 1. The van der Waals surface area contributed by atoms with Gasteiger partial charge in [-0.15, -0.1) is 0 Å². The molecule has 0 fully saturated rings. The second-order valence-electron chi connectivity index (χ2n) is 4.37. The minimum Gasteiger partial charge on any atom is -0.330 e. The van der Waals surface area contributed by atoms with Gasteiger partial charge in [-0.3, -0.25) is 0 Å². The summed E-state index contributed by atoms with van der Waals surface area (Å²) in [5, 5.41) is 0. The normalized spacial score (nSPS) is 10.6. The van der Waals surface area contributed by atoms with Crippen molar-refractivity contribution < 1.29 is 8.78 Å². The van der Waals surface area contributed by atoms with Crippen LogP contribution in [-0.4, -0.2) is 23.1 Å². The summed E-state index contributed by atoms with van der Waals surface area (Å²) < 4.78 is 27.2. The molecule has 4 nitrogen and oxygen atoms in total. The van der Waals surface area contributed by atoms with Crippen molar-refractivity contribution >= 4 is 11.5 Å². The molecule has 1 heterocycles. The Balaban J connectivity index is 2.41. The zero-order chi connectivity index (χ0) is 14.5. The number of anilines is 2. The Kier molecular flexibility index (Phi) is 4.57. The van der Waals surface area contributed by atoms with E-state index in [2.05, 4.69) is 9.97 Å². The van der Waals surface area contributed by atoms with Crippen molar-refractivity contribution in [1.82, 2.24) is 9.97 Å². The topological polar surface area (TPSA) is 55.0 Å². The van der Waals surface area contributed by atoms with E-state index in [9.17, 15) is 8.78 Å². The molecule has 0 unspecified atom stereocenters. The molecular weight excluding hydrogens is 262 g/mol. The second kappa shape index (κ2) is 6.38. The number of hydrogen-bond donors (Lipinski definition) is 1. The van der Waals surface area contributed by atoms with E-state index in [1.807, 2.05) is 0 Å². The molecule has 2 rings (SSSR count). The van der Waals surface area contributed by atoms with Crippen molar-refractivity contribution in [2.75, 3.05) is 18.0 Å². The quantitative estimate of drug-likeness (QED) is 0.913. The third-order valence-electron chi connectivity index (χ3n) is 2.93. The Bertz CT molecular complexity index is 572. The van der Waals surface area contributed by atoms with Gasteiger partial charge in [-0.1, -0.05) is 0 Å². The highest BCUT2D eigenvalue weighted by Gasteiger charge is 2.17. The first-order valence-corrected chi connectivity index (χ1v) is 6.33. The molecule has 0 atom stereocenters. The first-order chi connectivity index (χ1) is 9.63. The van der Waals surface area contributed by atoms with Crippen molar-refractivity contribution in [1.29, 1.82) is 0 Å². The predicted octanol–water partition coefficient (Wildman–Crippen LogP) is 2.55. The van der Waals surface area contributed by atoms with Crippen LogP contribution in [0.4, 0.5) is 20.3 Å². The van der Waals surface area contributed by atoms with Gasteiger partial charge in [0.05, 0.1) is 5.69 Å². The number of nitrogens with two attached hydrogens (primary N) is 1. The summed E-state index contributed by atoms with van der Waals surface area (Å²) in [5.41, 5.74) is 6.45. The predicted molar refractivity (Wildman–Crippen MR) is 73.8 cm³/mol. The third-order valence-corrected chi connectivity index (χ3v) is 2.93. The molecule has 0 amide bonds. The molecule has 0 bridgehead atoms. The zero-order valence-corrected chi connectivity index (χ0v) is 11.2. The Labute approximate surface area is 116 Å². The van der Waals surface area contributed by atoms with Crippen LogP contribution in [0.1, 0.15) is 12.1 Å². The molecule has 2 N–H and O–H groups in total. The van der Waals surface area contributed by atoms with E-state index in [1.54, 1.807) is 24.0 Å². The standard InChI is InChI=1S/C14H16F2N4/c1-10-13(16)14(19-9-18-10)20(8-2-7-17)12-5-3-11(15)4-6-12/h3-6,9H,2,7-8,17H2,1H3. The molecule has 6 heteroatoms. The first kappa shape index (κ1) is 14.3. The lowest BCUT2D eigenvalue weighted by Crippen LogP contribution is -2.23. The van der Waals surface area contributed by atoms with Crippen LogP contribution < -0.4 is 10.6 Å². The summed E-state index contributed by atoms with van der Waals surface area (Å²) >= 11 is 0. The van der Waals surface area contributed by atoms with Gasteiger partial charge < -0.3 is 10.6 Å². The number of benzene rings is 1. The fraction of sp³-hybridized carbons (Fsp3) is 0.286. The van der Waals surface area contributed by atoms with E-state index < -0.39 is 5.82 Å². The number of halogens is 2. The van der Waals surface area contributed by atoms with Crippen LogP contribution >= 0.6 is 0 Å². The van der Waals surface area contributed by atoms with Crippen molar-refractivity contribution in [2.24, 2.45) is 5.73 Å². The molecule has 0 spiro atoms. The van der Waals surface area contributed by atoms with Gasteiger partial charge in [-0.05, 0) is 44.2 Å². The minimum absolute atomic E-state index is 0.178. The fourth-order valence-electron chi connectivity index (χ4n) is 1.86. The summed E-state index contributed by atoms with van der Waals surface area (Å²) in [6, 6.07) is 5.83. The van der Waals surface area contributed by atoms with E-state index >= 15 is 0 Å². The molecule has 0 aliphatic heterocycles. The largest absolute Gasteiger partial charge is 0.330 e. The molecule has 0 aliphatic rings. The van der Waals surface area contributed by atoms with Crippen LogP contribution in [0.3, 0.4) is 0 Å². The Hall–Kier alpha value is -2.08. The number of aromatic nitrogens is 2. The van der Waals surface area contributed by atoms with Crippen molar-refractivity contribution in [3.8, 4) is 0 Å². The highest BCUT2D eigenvalue weighted by atomic mass is 19.1. The number of nitrogens with zero attached hydrogens (tertiary/aromatic N) is 3. The van der Waals surface area contributed by atoms with Gasteiger partial charge >= 0.3 is 0 Å². The maximum absolute atomic E-state index is 14.2. The lowest BCUT2D eigenvalue weighted by atomic mass is 10.2. The lowest BCUT2D eigenvalue weighted by Gasteiger charge is -2.24. The summed E-state index contributed by atoms with van der Waals surface area (Å²) in [6.45, 7) is 2.55. The van der Waals surface area contributed by atoms with Crippen LogP contribution in [-0.2, 0) is 0 Å². The number of rotatable bonds is 5. The second-order valence-corrected chi connectivity index (χ2v) is 4.37. The molecule has 20 heavy (non-hydrogen) atoms. The van der Waals surface area contributed by atoms with Crippen molar-refractivity contribution in [3.63, 3.8) is 0 Å². The summed E-state index contributed by atoms with van der Waals surface area (Å²) in [5.74, 6) is -0.640. The van der Waals surface area contributed by atoms with Crippen LogP contribution in [0.2, 0.25) is 0 Å². The van der Waals surface area contributed by atoms with Gasteiger partial charge in [-0.2, -0.15) is 0 Å². The van der Waals surface area contributed by atoms with Crippen molar-refractivity contribution in [3.05, 3.63) is 47.9 Å². The molecule has 2 aromatic rings. The number of hydrogen-bond acceptors (Lipinski definition) is 4. The van der Waals surface area contributed by atoms with Gasteiger partial charge in [0.15, 0.2) is 11.6 Å². The van der Waals surface area contributed by atoms with Gasteiger partial charge in [-0.25, -0.2) is 18.7 Å². The smallest absolute Gasteiger partial charge is 0.187 e. The maximum atomic E-state index is 14.2. The SMILES string of the molecule is Cc1ncnc(N(CCCN)c2ccc(F)cc2)c1F. The highest BCUT2D eigenvalue weighted by molar-refractivity contribution is 5.60. The molecule has 0 saturated carbocycles. The van der Waals surface area contributed by atoms with Crippen LogP contribution in [0.25, 0.3) is 0 Å². The molecular formula is C14H16F2N4. The van der Waals surface area contributed by atoms with Gasteiger partial charge in [0, 0.05) is 12.2 Å². The Morgan fingerprint density at radius 3 is 2.50 bits per heavy atom. The van der Waals surface area contributed by atoms with Crippen LogP contribution in [0.15, 0.2) is 30.6 Å². The monoisotopic (exact) mass is 278 g/mol. The molecule has 0 radical (unpaired) electrons. The summed E-state index contributed by atoms with van der Waals surface area (Å²) in [4.78, 5) is 9.49. The van der Waals surface area contributed by atoms with E-state index in [4.69, 9.17) is 5.73 Å². The van der Waals surface area contributed by atoms with Crippen molar-refractivity contribution in [2.45, 2.75) is 13.3 Å². The molecule has 106 valence electrons. The Morgan fingerprint density at radius 2 is 1.85 bits per heavy atom. The van der Waals surface area contributed by atoms with Gasteiger partial charge in [0.25, 0.3) is 0 Å². The van der Waals surface area contributed by atoms with E-state index in [0.717, 1.165) is 0 Å². The summed E-state index contributed by atoms with van der Waals surface area (Å²) in [7, 11) is 0. The summed E-state index contributed by atoms with van der Waals surface area (Å²) in [6.07, 6.45) is 1.98. The molecule has 1 aromatic carbocycles. The molecule has 0 aliphatic carbocycles. The maximum Gasteiger partial charge on any atom is 0.187 e. The zero-order valence-electron chi connectivity index (χ0n) is 11.2. The average molecular weight is 278 g/mol. The lowest BCUT2D eigenvalue weighted by molar-refractivity contribution is 0.597. The first-order valence-electron chi connectivity index (χ1n) is 6.33. The fourth-order valence-corrected chi connectivity index (χ4v) is 1.86. The Morgan fingerprint density at radius 1 is 1.15 bits per heavy atom. The highest BCUT2D eigenvalue weighted by Crippen LogP contribution is 2.26.